The van der Waals surface area contributed by atoms with Crippen molar-refractivity contribution >= 4 is 32.7 Å². The topological polar surface area (TPSA) is 69.7 Å². The molecule has 0 radical (unpaired) electrons. The average Bonchev–Trinajstić information content (AvgIpc) is 3.16. The van der Waals surface area contributed by atoms with Crippen LogP contribution in [0.2, 0.25) is 0 Å². The van der Waals surface area contributed by atoms with E-state index in [0.717, 1.165) is 48.5 Å². The zero-order valence-electron chi connectivity index (χ0n) is 17.7. The van der Waals surface area contributed by atoms with Crippen molar-refractivity contribution in [3.63, 3.8) is 0 Å². The van der Waals surface area contributed by atoms with E-state index in [4.69, 9.17) is 4.74 Å². The van der Waals surface area contributed by atoms with Gasteiger partial charge in [-0.25, -0.2) is 14.2 Å². The fourth-order valence-corrected chi connectivity index (χ4v) is 4.49. The van der Waals surface area contributed by atoms with E-state index in [1.807, 2.05) is 18.2 Å². The van der Waals surface area contributed by atoms with Crippen molar-refractivity contribution in [2.45, 2.75) is 0 Å². The van der Waals surface area contributed by atoms with Crippen LogP contribution in [0, 0.1) is 5.82 Å². The fraction of sp³-hybridized carbons (Fsp3) is 0.364. The highest BCUT2D eigenvalue weighted by Gasteiger charge is 2.14. The molecule has 2 N–H and O–H groups in total. The summed E-state index contributed by atoms with van der Waals surface area (Å²) in [4.78, 5) is 21.4. The molecule has 0 saturated carbocycles. The summed E-state index contributed by atoms with van der Waals surface area (Å²) in [5.74, 6) is 0.277. The zero-order valence-corrected chi connectivity index (χ0v) is 18.5. The van der Waals surface area contributed by atoms with Gasteiger partial charge in [-0.15, -0.1) is 0 Å². The SMILES string of the molecule is COc1ccc(F)cc1-c1ccc2nc(NC(=O)NCCN3CCN(C)CC3)sc2c1. The van der Waals surface area contributed by atoms with Crippen LogP contribution in [-0.2, 0) is 0 Å². The number of halogens is 1. The number of ether oxygens (including phenoxy) is 1. The number of carbonyl (C=O) groups excluding carboxylic acids is 1. The Morgan fingerprint density at radius 2 is 2.00 bits per heavy atom. The molecule has 1 aromatic heterocycles. The summed E-state index contributed by atoms with van der Waals surface area (Å²) in [6, 6.07) is 9.84. The van der Waals surface area contributed by atoms with Gasteiger partial charge in [0.25, 0.3) is 0 Å². The number of hydrogen-bond acceptors (Lipinski definition) is 6. The molecule has 0 unspecified atom stereocenters. The summed E-state index contributed by atoms with van der Waals surface area (Å²) in [6.07, 6.45) is 0. The van der Waals surface area contributed by atoms with E-state index in [9.17, 15) is 9.18 Å². The number of methoxy groups -OCH3 is 1. The van der Waals surface area contributed by atoms with E-state index in [1.54, 1.807) is 13.2 Å². The summed E-state index contributed by atoms with van der Waals surface area (Å²) >= 11 is 1.38. The Balaban J connectivity index is 1.38. The Hall–Kier alpha value is -2.75. The van der Waals surface area contributed by atoms with Crippen LogP contribution in [0.1, 0.15) is 0 Å². The Morgan fingerprint density at radius 3 is 2.77 bits per heavy atom. The van der Waals surface area contributed by atoms with E-state index in [-0.39, 0.29) is 11.8 Å². The summed E-state index contributed by atoms with van der Waals surface area (Å²) in [6.45, 7) is 5.58. The van der Waals surface area contributed by atoms with E-state index in [0.29, 0.717) is 23.0 Å². The third-order valence-corrected chi connectivity index (χ3v) is 6.32. The van der Waals surface area contributed by atoms with Gasteiger partial charge in [0.1, 0.15) is 11.6 Å². The number of fused-ring (bicyclic) bond motifs is 1. The van der Waals surface area contributed by atoms with Gasteiger partial charge < -0.3 is 15.0 Å². The number of nitrogens with one attached hydrogen (secondary N) is 2. The first-order valence-corrected chi connectivity index (χ1v) is 11.0. The Labute approximate surface area is 184 Å². The van der Waals surface area contributed by atoms with E-state index in [1.165, 1.54) is 23.5 Å². The second kappa shape index (κ2) is 9.59. The number of aromatic nitrogens is 1. The molecule has 9 heteroatoms. The lowest BCUT2D eigenvalue weighted by Gasteiger charge is -2.32. The maximum atomic E-state index is 13.7. The minimum atomic E-state index is -0.323. The summed E-state index contributed by atoms with van der Waals surface area (Å²) in [7, 11) is 3.69. The number of nitrogens with zero attached hydrogens (tertiary/aromatic N) is 3. The lowest BCUT2D eigenvalue weighted by Crippen LogP contribution is -2.47. The van der Waals surface area contributed by atoms with Crippen molar-refractivity contribution < 1.29 is 13.9 Å². The minimum Gasteiger partial charge on any atom is -0.496 e. The van der Waals surface area contributed by atoms with Gasteiger partial charge in [-0.2, -0.15) is 0 Å². The first-order chi connectivity index (χ1) is 15.0. The van der Waals surface area contributed by atoms with Crippen LogP contribution < -0.4 is 15.4 Å². The molecular weight excluding hydrogens is 417 g/mol. The smallest absolute Gasteiger partial charge is 0.321 e. The first-order valence-electron chi connectivity index (χ1n) is 10.2. The van der Waals surface area contributed by atoms with E-state index >= 15 is 0 Å². The Morgan fingerprint density at radius 1 is 1.19 bits per heavy atom. The molecular formula is C22H26FN5O2S. The fourth-order valence-electron chi connectivity index (χ4n) is 3.59. The van der Waals surface area contributed by atoms with Gasteiger partial charge in [0, 0.05) is 44.8 Å². The lowest BCUT2D eigenvalue weighted by atomic mass is 10.0. The number of likely N-dealkylation sites (N-methyl/N-ethyl adjacent to an activating group) is 1. The van der Waals surface area contributed by atoms with Crippen LogP contribution in [0.3, 0.4) is 0 Å². The molecule has 1 aliphatic heterocycles. The van der Waals surface area contributed by atoms with Crippen molar-refractivity contribution in [3.8, 4) is 16.9 Å². The molecule has 1 aliphatic rings. The van der Waals surface area contributed by atoms with E-state index < -0.39 is 0 Å². The van der Waals surface area contributed by atoms with Crippen LogP contribution in [0.25, 0.3) is 21.3 Å². The predicted molar refractivity (Wildman–Crippen MR) is 123 cm³/mol. The van der Waals surface area contributed by atoms with Crippen LogP contribution in [0.5, 0.6) is 5.75 Å². The van der Waals surface area contributed by atoms with Crippen molar-refractivity contribution in [2.24, 2.45) is 0 Å². The number of anilines is 1. The van der Waals surface area contributed by atoms with Crippen LogP contribution in [0.15, 0.2) is 36.4 Å². The number of amides is 2. The highest BCUT2D eigenvalue weighted by molar-refractivity contribution is 7.22. The predicted octanol–water partition coefficient (Wildman–Crippen LogP) is 3.48. The largest absolute Gasteiger partial charge is 0.496 e. The zero-order chi connectivity index (χ0) is 21.8. The van der Waals surface area contributed by atoms with Gasteiger partial charge in [0.15, 0.2) is 5.13 Å². The van der Waals surface area contributed by atoms with Gasteiger partial charge >= 0.3 is 6.03 Å². The molecule has 0 bridgehead atoms. The highest BCUT2D eigenvalue weighted by atomic mass is 32.1. The maximum absolute atomic E-state index is 13.7. The quantitative estimate of drug-likeness (QED) is 0.611. The standard InChI is InChI=1S/C22H26FN5O2S/c1-27-9-11-28(12-10-27)8-7-24-21(29)26-22-25-18-5-3-15(13-20(18)31-22)17-14-16(23)4-6-19(17)30-2/h3-6,13-14H,7-12H2,1-2H3,(H2,24,25,26,29). The molecule has 1 saturated heterocycles. The molecule has 164 valence electrons. The van der Waals surface area contributed by atoms with Gasteiger partial charge in [0.05, 0.1) is 17.3 Å². The molecule has 0 atom stereocenters. The number of rotatable bonds is 6. The van der Waals surface area contributed by atoms with Crippen molar-refractivity contribution in [1.29, 1.82) is 0 Å². The van der Waals surface area contributed by atoms with Gasteiger partial charge in [-0.05, 0) is 42.9 Å². The monoisotopic (exact) mass is 443 g/mol. The van der Waals surface area contributed by atoms with Gasteiger partial charge in [0.2, 0.25) is 0 Å². The first kappa shape index (κ1) is 21.5. The second-order valence-corrected chi connectivity index (χ2v) is 8.60. The van der Waals surface area contributed by atoms with Crippen molar-refractivity contribution in [2.75, 3.05) is 58.7 Å². The summed E-state index contributed by atoms with van der Waals surface area (Å²) in [5, 5.41) is 6.23. The van der Waals surface area contributed by atoms with Gasteiger partial charge in [-0.1, -0.05) is 17.4 Å². The summed E-state index contributed by atoms with van der Waals surface area (Å²) in [5.41, 5.74) is 2.28. The number of piperazine rings is 1. The molecule has 2 aromatic carbocycles. The van der Waals surface area contributed by atoms with Crippen LogP contribution in [-0.4, -0.2) is 74.2 Å². The average molecular weight is 444 g/mol. The molecule has 3 aromatic rings. The molecule has 0 aliphatic carbocycles. The Bertz CT molecular complexity index is 1070. The number of urea groups is 1. The van der Waals surface area contributed by atoms with Gasteiger partial charge in [-0.3, -0.25) is 10.2 Å². The lowest BCUT2D eigenvalue weighted by molar-refractivity contribution is 0.155. The van der Waals surface area contributed by atoms with Crippen LogP contribution in [0.4, 0.5) is 14.3 Å². The molecule has 31 heavy (non-hydrogen) atoms. The third-order valence-electron chi connectivity index (χ3n) is 5.39. The highest BCUT2D eigenvalue weighted by Crippen LogP contribution is 2.35. The molecule has 0 spiro atoms. The second-order valence-electron chi connectivity index (χ2n) is 7.57. The van der Waals surface area contributed by atoms with Crippen LogP contribution >= 0.6 is 11.3 Å². The molecule has 2 amide bonds. The third kappa shape index (κ3) is 5.30. The van der Waals surface area contributed by atoms with E-state index in [2.05, 4.69) is 32.5 Å². The molecule has 1 fully saturated rings. The molecule has 4 rings (SSSR count). The number of carbonyl (C=O) groups is 1. The molecule has 7 nitrogen and oxygen atoms in total. The Kier molecular flexibility index (Phi) is 6.64. The molecule has 2 heterocycles. The number of hydrogen-bond donors (Lipinski definition) is 2. The number of thiazole rings is 1. The van der Waals surface area contributed by atoms with Crippen molar-refractivity contribution in [3.05, 3.63) is 42.2 Å². The van der Waals surface area contributed by atoms with Crippen molar-refractivity contribution in [1.82, 2.24) is 20.1 Å². The number of benzene rings is 2. The summed E-state index contributed by atoms with van der Waals surface area (Å²) < 4.78 is 20.0. The maximum Gasteiger partial charge on any atom is 0.321 e. The minimum absolute atomic E-state index is 0.264. The normalized spacial score (nSPS) is 15.2.